The summed E-state index contributed by atoms with van der Waals surface area (Å²) >= 11 is 0. The van der Waals surface area contributed by atoms with Crippen LogP contribution in [0, 0.1) is 10.1 Å². The van der Waals surface area contributed by atoms with Crippen LogP contribution < -0.4 is 0 Å². The van der Waals surface area contributed by atoms with Crippen LogP contribution in [0.3, 0.4) is 0 Å². The highest BCUT2D eigenvalue weighted by Crippen LogP contribution is 2.17. The summed E-state index contributed by atoms with van der Waals surface area (Å²) in [7, 11) is 2.77. The maximum Gasteiger partial charge on any atom is 0.360 e. The maximum atomic E-state index is 12.8. The van der Waals surface area contributed by atoms with Crippen LogP contribution in [0.2, 0.25) is 0 Å². The van der Waals surface area contributed by atoms with Gasteiger partial charge in [-0.3, -0.25) is 14.9 Å². The van der Waals surface area contributed by atoms with Crippen molar-refractivity contribution in [2.75, 3.05) is 27.4 Å². The number of nitrogens with zero attached hydrogens (tertiary/aromatic N) is 3. The second-order valence-electron chi connectivity index (χ2n) is 5.50. The molecule has 27 heavy (non-hydrogen) atoms. The standard InChI is InChI=1S/C17H19N3O7/c1-25-8-4-7-19(10-15-18-14(11-27-15)17(22)26-2)16(21)12-5-3-6-13(9-12)20(23)24/h3,5-6,9,11H,4,7-8,10H2,1-2H3. The van der Waals surface area contributed by atoms with Crippen molar-refractivity contribution in [3.63, 3.8) is 0 Å². The van der Waals surface area contributed by atoms with Crippen molar-refractivity contribution < 1.29 is 28.4 Å². The Morgan fingerprint density at radius 2 is 2.11 bits per heavy atom. The lowest BCUT2D eigenvalue weighted by molar-refractivity contribution is -0.384. The number of methoxy groups -OCH3 is 2. The fourth-order valence-electron chi connectivity index (χ4n) is 2.33. The molecule has 0 N–H and O–H groups in total. The third-order valence-electron chi connectivity index (χ3n) is 3.64. The summed E-state index contributed by atoms with van der Waals surface area (Å²) in [5.41, 5.74) is -0.0182. The Kier molecular flexibility index (Phi) is 7.00. The molecule has 1 aromatic carbocycles. The minimum atomic E-state index is -0.652. The van der Waals surface area contributed by atoms with Crippen molar-refractivity contribution in [2.24, 2.45) is 0 Å². The predicted molar refractivity (Wildman–Crippen MR) is 92.2 cm³/mol. The van der Waals surface area contributed by atoms with Crippen LogP contribution in [0.25, 0.3) is 0 Å². The van der Waals surface area contributed by atoms with E-state index in [1.807, 2.05) is 0 Å². The van der Waals surface area contributed by atoms with E-state index in [1.165, 1.54) is 36.3 Å². The largest absolute Gasteiger partial charge is 0.464 e. The Bertz CT molecular complexity index is 818. The van der Waals surface area contributed by atoms with Gasteiger partial charge >= 0.3 is 5.97 Å². The van der Waals surface area contributed by atoms with Crippen molar-refractivity contribution in [3.05, 3.63) is 57.8 Å². The van der Waals surface area contributed by atoms with Crippen LogP contribution in [-0.2, 0) is 16.0 Å². The SMILES string of the molecule is COCCCN(Cc1nc(C(=O)OC)co1)C(=O)c1cccc([N+](=O)[O-])c1. The number of non-ortho nitro benzene ring substituents is 1. The first-order valence-electron chi connectivity index (χ1n) is 8.01. The van der Waals surface area contributed by atoms with E-state index in [2.05, 4.69) is 9.72 Å². The molecule has 0 atom stereocenters. The molecule has 0 spiro atoms. The number of nitro groups is 1. The number of rotatable bonds is 9. The van der Waals surface area contributed by atoms with Crippen molar-refractivity contribution in [2.45, 2.75) is 13.0 Å². The first-order chi connectivity index (χ1) is 13.0. The molecular weight excluding hydrogens is 358 g/mol. The molecule has 10 nitrogen and oxygen atoms in total. The van der Waals surface area contributed by atoms with Gasteiger partial charge in [-0.05, 0) is 12.5 Å². The molecule has 0 saturated heterocycles. The van der Waals surface area contributed by atoms with E-state index in [9.17, 15) is 19.7 Å². The van der Waals surface area contributed by atoms with Gasteiger partial charge in [0.15, 0.2) is 5.69 Å². The topological polar surface area (TPSA) is 125 Å². The van der Waals surface area contributed by atoms with Crippen molar-refractivity contribution in [1.82, 2.24) is 9.88 Å². The van der Waals surface area contributed by atoms with Crippen molar-refractivity contribution in [1.29, 1.82) is 0 Å². The summed E-state index contributed by atoms with van der Waals surface area (Å²) < 4.78 is 14.8. The summed E-state index contributed by atoms with van der Waals surface area (Å²) in [4.78, 5) is 40.1. The molecule has 1 aromatic heterocycles. The van der Waals surface area contributed by atoms with Crippen molar-refractivity contribution in [3.8, 4) is 0 Å². The zero-order valence-corrected chi connectivity index (χ0v) is 14.9. The average Bonchev–Trinajstić information content (AvgIpc) is 3.15. The minimum Gasteiger partial charge on any atom is -0.464 e. The molecule has 0 radical (unpaired) electrons. The van der Waals surface area contributed by atoms with Crippen LogP contribution in [-0.4, -0.2) is 54.1 Å². The molecule has 0 unspecified atom stereocenters. The highest BCUT2D eigenvalue weighted by molar-refractivity contribution is 5.94. The Morgan fingerprint density at radius 1 is 1.33 bits per heavy atom. The van der Waals surface area contributed by atoms with Crippen LogP contribution in [0.4, 0.5) is 5.69 Å². The van der Waals surface area contributed by atoms with E-state index in [1.54, 1.807) is 7.11 Å². The number of carbonyl (C=O) groups is 2. The summed E-state index contributed by atoms with van der Waals surface area (Å²) in [5, 5.41) is 10.9. The van der Waals surface area contributed by atoms with E-state index in [0.29, 0.717) is 19.6 Å². The molecule has 0 bridgehead atoms. The number of nitro benzene ring substituents is 1. The molecule has 0 fully saturated rings. The smallest absolute Gasteiger partial charge is 0.360 e. The number of ether oxygens (including phenoxy) is 2. The van der Waals surface area contributed by atoms with Gasteiger partial charge in [0.1, 0.15) is 6.26 Å². The fourth-order valence-corrected chi connectivity index (χ4v) is 2.33. The summed E-state index contributed by atoms with van der Waals surface area (Å²) in [6.45, 7) is 0.727. The van der Waals surface area contributed by atoms with Gasteiger partial charge in [-0.15, -0.1) is 0 Å². The normalized spacial score (nSPS) is 10.4. The van der Waals surface area contributed by atoms with Gasteiger partial charge in [0.25, 0.3) is 11.6 Å². The quantitative estimate of drug-likeness (QED) is 0.281. The van der Waals surface area contributed by atoms with E-state index >= 15 is 0 Å². The zero-order chi connectivity index (χ0) is 19.8. The van der Waals surface area contributed by atoms with Gasteiger partial charge in [0, 0.05) is 38.0 Å². The zero-order valence-electron chi connectivity index (χ0n) is 14.9. The lowest BCUT2D eigenvalue weighted by Gasteiger charge is -2.21. The van der Waals surface area contributed by atoms with Crippen LogP contribution in [0.5, 0.6) is 0 Å². The Balaban J connectivity index is 2.21. The predicted octanol–water partition coefficient (Wildman–Crippen LogP) is 2.05. The van der Waals surface area contributed by atoms with E-state index in [4.69, 9.17) is 9.15 Å². The van der Waals surface area contributed by atoms with Gasteiger partial charge in [-0.2, -0.15) is 0 Å². The van der Waals surface area contributed by atoms with Gasteiger partial charge in [0.05, 0.1) is 18.6 Å². The summed E-state index contributed by atoms with van der Waals surface area (Å²) in [5.74, 6) is -0.930. The molecule has 1 heterocycles. The van der Waals surface area contributed by atoms with Crippen LogP contribution >= 0.6 is 0 Å². The number of aromatic nitrogens is 1. The minimum absolute atomic E-state index is 0.00728. The molecule has 144 valence electrons. The fraction of sp³-hybridized carbons (Fsp3) is 0.353. The number of amides is 1. The average molecular weight is 377 g/mol. The number of carbonyl (C=O) groups excluding carboxylic acids is 2. The maximum absolute atomic E-state index is 12.8. The molecule has 0 saturated carbocycles. The van der Waals surface area contributed by atoms with E-state index < -0.39 is 16.8 Å². The first-order valence-corrected chi connectivity index (χ1v) is 8.01. The number of oxazole rings is 1. The lowest BCUT2D eigenvalue weighted by Crippen LogP contribution is -2.32. The second kappa shape index (κ2) is 9.43. The van der Waals surface area contributed by atoms with Crippen LogP contribution in [0.15, 0.2) is 34.9 Å². The lowest BCUT2D eigenvalue weighted by atomic mass is 10.1. The molecule has 0 aliphatic rings. The van der Waals surface area contributed by atoms with E-state index in [-0.39, 0.29) is 29.4 Å². The molecule has 1 amide bonds. The third-order valence-corrected chi connectivity index (χ3v) is 3.64. The second-order valence-corrected chi connectivity index (χ2v) is 5.50. The number of hydrogen-bond donors (Lipinski definition) is 0. The van der Waals surface area contributed by atoms with Gasteiger partial charge in [-0.25, -0.2) is 9.78 Å². The monoisotopic (exact) mass is 377 g/mol. The van der Waals surface area contributed by atoms with Gasteiger partial charge in [0.2, 0.25) is 5.89 Å². The molecule has 10 heteroatoms. The third kappa shape index (κ3) is 5.35. The van der Waals surface area contributed by atoms with Gasteiger partial charge < -0.3 is 18.8 Å². The van der Waals surface area contributed by atoms with Crippen LogP contribution in [0.1, 0.15) is 33.2 Å². The number of esters is 1. The Morgan fingerprint density at radius 3 is 2.78 bits per heavy atom. The Hall–Kier alpha value is -3.27. The Labute approximate surface area is 154 Å². The molecule has 0 aliphatic heterocycles. The number of hydrogen-bond acceptors (Lipinski definition) is 8. The van der Waals surface area contributed by atoms with Gasteiger partial charge in [-0.1, -0.05) is 6.07 Å². The molecular formula is C17H19N3O7. The summed E-state index contributed by atoms with van der Waals surface area (Å²) in [6, 6.07) is 5.46. The highest BCUT2D eigenvalue weighted by atomic mass is 16.6. The molecule has 2 rings (SSSR count). The molecule has 0 aliphatic carbocycles. The number of benzene rings is 1. The highest BCUT2D eigenvalue weighted by Gasteiger charge is 2.21. The van der Waals surface area contributed by atoms with E-state index in [0.717, 1.165) is 6.26 Å². The first kappa shape index (κ1) is 20.0. The summed E-state index contributed by atoms with van der Waals surface area (Å²) in [6.07, 6.45) is 1.69. The molecule has 2 aromatic rings. The van der Waals surface area contributed by atoms with Crippen molar-refractivity contribution >= 4 is 17.6 Å².